The smallest absolute Gasteiger partial charge is 0.271 e. The van der Waals surface area contributed by atoms with Crippen molar-refractivity contribution in [1.82, 2.24) is 20.0 Å². The van der Waals surface area contributed by atoms with Crippen molar-refractivity contribution in [3.8, 4) is 11.3 Å². The molecule has 0 aliphatic carbocycles. The molecule has 0 bridgehead atoms. The molecule has 0 spiro atoms. The average Bonchev–Trinajstić information content (AvgIpc) is 3.20. The number of aromatic amines is 1. The highest BCUT2D eigenvalue weighted by Crippen LogP contribution is 2.19. The van der Waals surface area contributed by atoms with Crippen molar-refractivity contribution in [1.29, 1.82) is 0 Å². The SMILES string of the molecule is Cc1ccc(-c2cc(C(=O)N3CCN(Cc4ccc(F)cc4)CC3)[nH]n2)cc1. The topological polar surface area (TPSA) is 52.2 Å². The van der Waals surface area contributed by atoms with Gasteiger partial charge in [0.05, 0.1) is 5.69 Å². The Hall–Kier alpha value is -2.99. The number of H-pyrrole nitrogens is 1. The summed E-state index contributed by atoms with van der Waals surface area (Å²) in [7, 11) is 0. The Balaban J connectivity index is 1.35. The van der Waals surface area contributed by atoms with Crippen LogP contribution in [-0.2, 0) is 6.54 Å². The van der Waals surface area contributed by atoms with E-state index >= 15 is 0 Å². The van der Waals surface area contributed by atoms with Crippen LogP contribution in [0.1, 0.15) is 21.6 Å². The number of aryl methyl sites for hydroxylation is 1. The van der Waals surface area contributed by atoms with Gasteiger partial charge in [-0.3, -0.25) is 14.8 Å². The van der Waals surface area contributed by atoms with Gasteiger partial charge in [0.15, 0.2) is 0 Å². The summed E-state index contributed by atoms with van der Waals surface area (Å²) < 4.78 is 13.0. The van der Waals surface area contributed by atoms with E-state index < -0.39 is 0 Å². The van der Waals surface area contributed by atoms with Crippen LogP contribution in [0.25, 0.3) is 11.3 Å². The van der Waals surface area contributed by atoms with Crippen molar-refractivity contribution >= 4 is 5.91 Å². The van der Waals surface area contributed by atoms with Gasteiger partial charge in [-0.15, -0.1) is 0 Å². The molecule has 1 fully saturated rings. The van der Waals surface area contributed by atoms with Gasteiger partial charge in [-0.1, -0.05) is 42.0 Å². The highest BCUT2D eigenvalue weighted by atomic mass is 19.1. The number of hydrogen-bond donors (Lipinski definition) is 1. The van der Waals surface area contributed by atoms with Crippen LogP contribution in [0, 0.1) is 12.7 Å². The van der Waals surface area contributed by atoms with Gasteiger partial charge in [0, 0.05) is 38.3 Å². The molecule has 1 amide bonds. The minimum absolute atomic E-state index is 0.0210. The van der Waals surface area contributed by atoms with E-state index in [-0.39, 0.29) is 11.7 Å². The van der Waals surface area contributed by atoms with Crippen molar-refractivity contribution < 1.29 is 9.18 Å². The van der Waals surface area contributed by atoms with E-state index in [0.29, 0.717) is 18.8 Å². The number of piperazine rings is 1. The maximum atomic E-state index is 13.0. The Morgan fingerprint density at radius 3 is 2.39 bits per heavy atom. The Morgan fingerprint density at radius 2 is 1.71 bits per heavy atom. The van der Waals surface area contributed by atoms with E-state index in [1.165, 1.54) is 17.7 Å². The van der Waals surface area contributed by atoms with E-state index in [4.69, 9.17) is 0 Å². The summed E-state index contributed by atoms with van der Waals surface area (Å²) in [6.07, 6.45) is 0. The fourth-order valence-electron chi connectivity index (χ4n) is 3.43. The van der Waals surface area contributed by atoms with E-state index in [2.05, 4.69) is 15.1 Å². The zero-order chi connectivity index (χ0) is 19.5. The molecular formula is C22H23FN4O. The van der Waals surface area contributed by atoms with Crippen molar-refractivity contribution in [2.24, 2.45) is 0 Å². The Morgan fingerprint density at radius 1 is 1.04 bits per heavy atom. The molecule has 0 saturated carbocycles. The lowest BCUT2D eigenvalue weighted by Gasteiger charge is -2.34. The first-order valence-electron chi connectivity index (χ1n) is 9.47. The van der Waals surface area contributed by atoms with E-state index in [9.17, 15) is 9.18 Å². The molecule has 144 valence electrons. The van der Waals surface area contributed by atoms with Crippen LogP contribution in [0.2, 0.25) is 0 Å². The maximum Gasteiger partial charge on any atom is 0.271 e. The van der Waals surface area contributed by atoms with Gasteiger partial charge in [0.1, 0.15) is 11.5 Å². The summed E-state index contributed by atoms with van der Waals surface area (Å²) in [5.41, 5.74) is 4.55. The molecule has 3 aromatic rings. The number of nitrogens with zero attached hydrogens (tertiary/aromatic N) is 3. The van der Waals surface area contributed by atoms with Crippen molar-refractivity contribution in [3.05, 3.63) is 77.2 Å². The van der Waals surface area contributed by atoms with Gasteiger partial charge in [0.2, 0.25) is 0 Å². The van der Waals surface area contributed by atoms with Crippen molar-refractivity contribution in [2.45, 2.75) is 13.5 Å². The van der Waals surface area contributed by atoms with Crippen LogP contribution in [0.5, 0.6) is 0 Å². The predicted molar refractivity (Wildman–Crippen MR) is 106 cm³/mol. The number of hydrogen-bond acceptors (Lipinski definition) is 3. The van der Waals surface area contributed by atoms with Crippen LogP contribution >= 0.6 is 0 Å². The molecule has 1 saturated heterocycles. The Bertz CT molecular complexity index is 941. The van der Waals surface area contributed by atoms with Gasteiger partial charge in [-0.25, -0.2) is 4.39 Å². The number of aromatic nitrogens is 2. The molecule has 1 N–H and O–H groups in total. The number of benzene rings is 2. The summed E-state index contributed by atoms with van der Waals surface area (Å²) in [5, 5.41) is 7.18. The zero-order valence-electron chi connectivity index (χ0n) is 15.9. The molecule has 1 aliphatic heterocycles. The number of nitrogens with one attached hydrogen (secondary N) is 1. The largest absolute Gasteiger partial charge is 0.335 e. The molecule has 0 atom stereocenters. The highest BCUT2D eigenvalue weighted by molar-refractivity contribution is 5.93. The molecule has 5 nitrogen and oxygen atoms in total. The standard InChI is InChI=1S/C22H23FN4O/c1-16-2-6-18(7-3-16)20-14-21(25-24-20)22(28)27-12-10-26(11-13-27)15-17-4-8-19(23)9-5-17/h2-9,14H,10-13,15H2,1H3,(H,24,25). The second-order valence-corrected chi connectivity index (χ2v) is 7.23. The molecule has 28 heavy (non-hydrogen) atoms. The van der Waals surface area contributed by atoms with Crippen molar-refractivity contribution in [3.63, 3.8) is 0 Å². The summed E-state index contributed by atoms with van der Waals surface area (Å²) >= 11 is 0. The summed E-state index contributed by atoms with van der Waals surface area (Å²) in [6, 6.07) is 16.5. The lowest BCUT2D eigenvalue weighted by Crippen LogP contribution is -2.48. The van der Waals surface area contributed by atoms with Crippen LogP contribution in [-0.4, -0.2) is 52.1 Å². The number of rotatable bonds is 4. The first-order valence-corrected chi connectivity index (χ1v) is 9.47. The second kappa shape index (κ2) is 7.94. The fraction of sp³-hybridized carbons (Fsp3) is 0.273. The molecule has 2 heterocycles. The molecule has 2 aromatic carbocycles. The molecule has 6 heteroatoms. The Labute approximate surface area is 163 Å². The van der Waals surface area contributed by atoms with Crippen LogP contribution in [0.4, 0.5) is 4.39 Å². The summed E-state index contributed by atoms with van der Waals surface area (Å²) in [6.45, 7) is 5.73. The lowest BCUT2D eigenvalue weighted by atomic mass is 10.1. The highest BCUT2D eigenvalue weighted by Gasteiger charge is 2.23. The summed E-state index contributed by atoms with van der Waals surface area (Å²) in [4.78, 5) is 16.9. The number of carbonyl (C=O) groups is 1. The first-order chi connectivity index (χ1) is 13.6. The van der Waals surface area contributed by atoms with E-state index in [1.54, 1.807) is 0 Å². The quantitative estimate of drug-likeness (QED) is 0.756. The molecule has 4 rings (SSSR count). The molecule has 1 aromatic heterocycles. The number of amides is 1. The van der Waals surface area contributed by atoms with Crippen LogP contribution < -0.4 is 0 Å². The summed E-state index contributed by atoms with van der Waals surface area (Å²) in [5.74, 6) is -0.240. The normalized spacial score (nSPS) is 15.0. The van der Waals surface area contributed by atoms with E-state index in [1.807, 2.05) is 54.3 Å². The number of halogens is 1. The van der Waals surface area contributed by atoms with Gasteiger partial charge < -0.3 is 4.90 Å². The number of carbonyl (C=O) groups excluding carboxylic acids is 1. The van der Waals surface area contributed by atoms with Crippen molar-refractivity contribution in [2.75, 3.05) is 26.2 Å². The van der Waals surface area contributed by atoms with Crippen LogP contribution in [0.3, 0.4) is 0 Å². The van der Waals surface area contributed by atoms with E-state index in [0.717, 1.165) is 36.5 Å². The zero-order valence-corrected chi connectivity index (χ0v) is 15.9. The third-order valence-electron chi connectivity index (χ3n) is 5.13. The van der Waals surface area contributed by atoms with Crippen LogP contribution in [0.15, 0.2) is 54.6 Å². The lowest BCUT2D eigenvalue weighted by molar-refractivity contribution is 0.0622. The molecule has 0 radical (unpaired) electrons. The second-order valence-electron chi connectivity index (χ2n) is 7.23. The van der Waals surface area contributed by atoms with Gasteiger partial charge >= 0.3 is 0 Å². The van der Waals surface area contributed by atoms with Gasteiger partial charge in [-0.05, 0) is 30.7 Å². The minimum Gasteiger partial charge on any atom is -0.335 e. The first kappa shape index (κ1) is 18.4. The average molecular weight is 378 g/mol. The fourth-order valence-corrected chi connectivity index (χ4v) is 3.43. The van der Waals surface area contributed by atoms with Gasteiger partial charge in [0.25, 0.3) is 5.91 Å². The third kappa shape index (κ3) is 4.12. The molecule has 0 unspecified atom stereocenters. The maximum absolute atomic E-state index is 13.0. The molecular weight excluding hydrogens is 355 g/mol. The monoisotopic (exact) mass is 378 g/mol. The minimum atomic E-state index is -0.219. The Kier molecular flexibility index (Phi) is 5.21. The van der Waals surface area contributed by atoms with Gasteiger partial charge in [-0.2, -0.15) is 5.10 Å². The molecule has 1 aliphatic rings. The predicted octanol–water partition coefficient (Wildman–Crippen LogP) is 3.48. The third-order valence-corrected chi connectivity index (χ3v) is 5.13.